The normalized spacial score (nSPS) is 41.0. The van der Waals surface area contributed by atoms with Crippen LogP contribution in [0.3, 0.4) is 0 Å². The largest absolute Gasteiger partial charge is 0.619 e. The van der Waals surface area contributed by atoms with Crippen LogP contribution in [0.5, 0.6) is 0 Å². The summed E-state index contributed by atoms with van der Waals surface area (Å²) in [5.74, 6) is 0.550. The third-order valence-electron chi connectivity index (χ3n) is 3.57. The molecule has 0 spiro atoms. The van der Waals surface area contributed by atoms with E-state index in [-0.39, 0.29) is 0 Å². The molecule has 2 rings (SSSR count). The van der Waals surface area contributed by atoms with Gasteiger partial charge in [-0.15, -0.1) is 4.89 Å². The lowest BCUT2D eigenvalue weighted by atomic mass is 10.0. The van der Waals surface area contributed by atoms with Gasteiger partial charge in [0.25, 0.3) is 0 Å². The Morgan fingerprint density at radius 1 is 1.43 bits per heavy atom. The first-order valence-corrected chi connectivity index (χ1v) is 7.59. The molecule has 0 amide bonds. The first-order chi connectivity index (χ1) is 6.45. The SMILES string of the molecule is O=[P+](O)NP(=O)(O)C12CCC(CC1)C2. The first kappa shape index (κ1) is 10.7. The van der Waals surface area contributed by atoms with Crippen molar-refractivity contribution in [2.75, 3.05) is 0 Å². The van der Waals surface area contributed by atoms with Crippen LogP contribution in [0.25, 0.3) is 0 Å². The van der Waals surface area contributed by atoms with E-state index in [4.69, 9.17) is 4.89 Å². The third-order valence-corrected chi connectivity index (χ3v) is 7.25. The third kappa shape index (κ3) is 1.58. The highest BCUT2D eigenvalue weighted by Gasteiger charge is 2.58. The average molecular weight is 238 g/mol. The molecule has 7 heteroatoms. The molecule has 2 unspecified atom stereocenters. The molecule has 0 heterocycles. The van der Waals surface area contributed by atoms with Gasteiger partial charge in [-0.05, 0) is 42.6 Å². The fraction of sp³-hybridized carbons (Fsp3) is 1.00. The van der Waals surface area contributed by atoms with Crippen LogP contribution in [0.1, 0.15) is 32.1 Å². The quantitative estimate of drug-likeness (QED) is 0.652. The van der Waals surface area contributed by atoms with Crippen molar-refractivity contribution in [3.05, 3.63) is 0 Å². The van der Waals surface area contributed by atoms with E-state index >= 15 is 0 Å². The van der Waals surface area contributed by atoms with Crippen LogP contribution in [0.2, 0.25) is 0 Å². The lowest BCUT2D eigenvalue weighted by Gasteiger charge is -2.28. The Hall–Kier alpha value is 0.210. The van der Waals surface area contributed by atoms with Crippen LogP contribution >= 0.6 is 15.7 Å². The van der Waals surface area contributed by atoms with E-state index < -0.39 is 20.9 Å². The molecule has 0 radical (unpaired) electrons. The zero-order chi connectivity index (χ0) is 10.4. The van der Waals surface area contributed by atoms with E-state index in [2.05, 4.69) is 0 Å². The molecule has 0 aromatic carbocycles. The summed E-state index contributed by atoms with van der Waals surface area (Å²) in [5.41, 5.74) is 0. The minimum atomic E-state index is -3.67. The summed E-state index contributed by atoms with van der Waals surface area (Å²) in [7, 11) is -6.41. The second-order valence-corrected chi connectivity index (χ2v) is 7.77. The Kier molecular flexibility index (Phi) is 2.57. The summed E-state index contributed by atoms with van der Waals surface area (Å²) in [4.78, 5) is 20.4. The lowest BCUT2D eigenvalue weighted by molar-refractivity contribution is 0.401. The van der Waals surface area contributed by atoms with Gasteiger partial charge in [-0.1, -0.05) is 0 Å². The maximum Gasteiger partial charge on any atom is 0.619 e. The molecule has 2 saturated carbocycles. The molecule has 0 aromatic rings. The van der Waals surface area contributed by atoms with E-state index in [1.54, 1.807) is 0 Å². The number of fused-ring (bicyclic) bond motifs is 2. The maximum absolute atomic E-state index is 11.9. The second kappa shape index (κ2) is 3.36. The number of hydrogen-bond acceptors (Lipinski definition) is 2. The van der Waals surface area contributed by atoms with Crippen molar-refractivity contribution < 1.29 is 18.9 Å². The molecule has 2 atom stereocenters. The zero-order valence-corrected chi connectivity index (χ0v) is 9.51. The minimum absolute atomic E-state index is 0.550. The Bertz CT molecular complexity index is 311. The maximum atomic E-state index is 11.9. The van der Waals surface area contributed by atoms with E-state index in [9.17, 15) is 14.0 Å². The fourth-order valence-corrected chi connectivity index (χ4v) is 5.96. The highest BCUT2D eigenvalue weighted by Crippen LogP contribution is 2.68. The standard InChI is InChI=1S/C7H13NO4P2/c9-13(10)8-14(11,12)7-3-1-6(5-7)2-4-7/h6H,1-5H2,(H2-,8,9,10,11,12)/p+1. The van der Waals surface area contributed by atoms with E-state index in [1.807, 2.05) is 4.86 Å². The zero-order valence-electron chi connectivity index (χ0n) is 7.72. The Balaban J connectivity index is 2.20. The van der Waals surface area contributed by atoms with Gasteiger partial charge < -0.3 is 4.89 Å². The average Bonchev–Trinajstić information content (AvgIpc) is 2.60. The summed E-state index contributed by atoms with van der Waals surface area (Å²) in [6.45, 7) is 0. The molecule has 2 aliphatic rings. The summed E-state index contributed by atoms with van der Waals surface area (Å²) >= 11 is 0. The number of nitrogens with one attached hydrogen (secondary N) is 1. The predicted octanol–water partition coefficient (Wildman–Crippen LogP) is 1.74. The second-order valence-electron chi connectivity index (χ2n) is 4.32. The molecular formula is C7H14NO4P2+. The Labute approximate surface area is 83.3 Å². The molecule has 2 bridgehead atoms. The topological polar surface area (TPSA) is 86.6 Å². The first-order valence-electron chi connectivity index (χ1n) is 4.72. The van der Waals surface area contributed by atoms with Gasteiger partial charge in [0.05, 0.1) is 5.16 Å². The van der Waals surface area contributed by atoms with E-state index in [1.165, 1.54) is 0 Å². The van der Waals surface area contributed by atoms with Crippen LogP contribution in [-0.4, -0.2) is 14.9 Å². The smallest absolute Gasteiger partial charge is 0.331 e. The monoisotopic (exact) mass is 238 g/mol. The van der Waals surface area contributed by atoms with Crippen molar-refractivity contribution >= 4 is 15.7 Å². The van der Waals surface area contributed by atoms with Gasteiger partial charge in [0.2, 0.25) is 0 Å². The van der Waals surface area contributed by atoms with Gasteiger partial charge in [0.15, 0.2) is 0 Å². The summed E-state index contributed by atoms with van der Waals surface area (Å²) in [6.07, 6.45) is 4.11. The van der Waals surface area contributed by atoms with Crippen molar-refractivity contribution in [3.8, 4) is 0 Å². The molecule has 14 heavy (non-hydrogen) atoms. The Morgan fingerprint density at radius 3 is 2.36 bits per heavy atom. The van der Waals surface area contributed by atoms with Gasteiger partial charge in [-0.25, -0.2) is 0 Å². The summed E-state index contributed by atoms with van der Waals surface area (Å²) < 4.78 is 22.5. The predicted molar refractivity (Wildman–Crippen MR) is 52.1 cm³/mol. The molecule has 2 fully saturated rings. The van der Waals surface area contributed by atoms with Gasteiger partial charge in [0.1, 0.15) is 0 Å². The fourth-order valence-electron chi connectivity index (χ4n) is 2.81. The van der Waals surface area contributed by atoms with E-state index in [0.717, 1.165) is 19.3 Å². The van der Waals surface area contributed by atoms with Crippen LogP contribution < -0.4 is 4.86 Å². The van der Waals surface area contributed by atoms with Crippen LogP contribution in [0.4, 0.5) is 0 Å². The highest BCUT2D eigenvalue weighted by atomic mass is 31.2. The van der Waals surface area contributed by atoms with Gasteiger partial charge >= 0.3 is 15.7 Å². The van der Waals surface area contributed by atoms with Gasteiger partial charge in [-0.2, -0.15) is 0 Å². The molecule has 80 valence electrons. The van der Waals surface area contributed by atoms with Gasteiger partial charge in [-0.3, -0.25) is 4.57 Å². The van der Waals surface area contributed by atoms with Gasteiger partial charge in [0, 0.05) is 4.86 Å². The molecule has 2 aliphatic carbocycles. The molecule has 0 saturated heterocycles. The van der Waals surface area contributed by atoms with Crippen molar-refractivity contribution in [2.24, 2.45) is 5.92 Å². The number of hydrogen-bond donors (Lipinski definition) is 3. The Morgan fingerprint density at radius 2 is 2.00 bits per heavy atom. The lowest BCUT2D eigenvalue weighted by Crippen LogP contribution is -2.27. The summed E-state index contributed by atoms with van der Waals surface area (Å²) in [6, 6.07) is 0. The highest BCUT2D eigenvalue weighted by molar-refractivity contribution is 7.66. The summed E-state index contributed by atoms with van der Waals surface area (Å²) in [5, 5.41) is -0.606. The van der Waals surface area contributed by atoms with Crippen LogP contribution in [0.15, 0.2) is 0 Å². The van der Waals surface area contributed by atoms with E-state index in [0.29, 0.717) is 18.8 Å². The van der Waals surface area contributed by atoms with Crippen LogP contribution in [-0.2, 0) is 9.13 Å². The van der Waals surface area contributed by atoms with Crippen molar-refractivity contribution in [2.45, 2.75) is 37.3 Å². The van der Waals surface area contributed by atoms with Crippen molar-refractivity contribution in [1.29, 1.82) is 0 Å². The van der Waals surface area contributed by atoms with Crippen molar-refractivity contribution in [1.82, 2.24) is 4.86 Å². The van der Waals surface area contributed by atoms with Crippen molar-refractivity contribution in [3.63, 3.8) is 0 Å². The molecule has 0 aromatic heterocycles. The number of rotatable bonds is 3. The van der Waals surface area contributed by atoms with Crippen LogP contribution in [0, 0.1) is 5.92 Å². The molecule has 5 nitrogen and oxygen atoms in total. The molecular weight excluding hydrogens is 224 g/mol. The molecule has 3 N–H and O–H groups in total. The molecule has 0 aliphatic heterocycles. The minimum Gasteiger partial charge on any atom is -0.331 e.